The highest BCUT2D eigenvalue weighted by Crippen LogP contribution is 2.30. The molecular weight excluding hydrogens is 286 g/mol. The molecule has 0 aliphatic carbocycles. The van der Waals surface area contributed by atoms with Crippen molar-refractivity contribution in [2.45, 2.75) is 26.8 Å². The van der Waals surface area contributed by atoms with Gasteiger partial charge in [0.2, 0.25) is 0 Å². The Labute approximate surface area is 130 Å². The highest BCUT2D eigenvalue weighted by Gasteiger charge is 2.02. The molecule has 0 bridgehead atoms. The quantitative estimate of drug-likeness (QED) is 0.772. The molecule has 1 N–H and O–H groups in total. The monoisotopic (exact) mass is 305 g/mol. The second kappa shape index (κ2) is 7.07. The van der Waals surface area contributed by atoms with E-state index in [0.717, 1.165) is 11.6 Å². The Morgan fingerprint density at radius 2 is 1.90 bits per heavy atom. The molecule has 0 aliphatic heterocycles. The maximum absolute atomic E-state index is 5.92. The summed E-state index contributed by atoms with van der Waals surface area (Å²) in [5.74, 6) is 0. The van der Waals surface area contributed by atoms with E-state index >= 15 is 0 Å². The molecule has 0 saturated carbocycles. The van der Waals surface area contributed by atoms with Crippen molar-refractivity contribution in [3.05, 3.63) is 51.9 Å². The van der Waals surface area contributed by atoms with E-state index in [1.54, 1.807) is 0 Å². The number of rotatable bonds is 5. The van der Waals surface area contributed by atoms with Gasteiger partial charge in [-0.25, -0.2) is 0 Å². The number of benzene rings is 1. The van der Waals surface area contributed by atoms with Gasteiger partial charge in [0.05, 0.1) is 0 Å². The van der Waals surface area contributed by atoms with Gasteiger partial charge in [0.25, 0.3) is 0 Å². The van der Waals surface area contributed by atoms with Gasteiger partial charge in [0, 0.05) is 27.4 Å². The maximum Gasteiger partial charge on any atom is 0.0406 e. The van der Waals surface area contributed by atoms with Crippen LogP contribution in [0.25, 0.3) is 16.5 Å². The molecule has 20 heavy (non-hydrogen) atoms. The Bertz CT molecular complexity index is 581. The minimum Gasteiger partial charge on any atom is -0.311 e. The molecule has 1 aromatic heterocycles. The van der Waals surface area contributed by atoms with Crippen molar-refractivity contribution in [1.29, 1.82) is 0 Å². The summed E-state index contributed by atoms with van der Waals surface area (Å²) in [4.78, 5) is 2.57. The van der Waals surface area contributed by atoms with Gasteiger partial charge in [-0.3, -0.25) is 0 Å². The van der Waals surface area contributed by atoms with E-state index in [2.05, 4.69) is 56.4 Å². The lowest BCUT2D eigenvalue weighted by Crippen LogP contribution is -2.24. The van der Waals surface area contributed by atoms with Gasteiger partial charge in [0.1, 0.15) is 0 Å². The first-order valence-corrected chi connectivity index (χ1v) is 8.00. The number of halogens is 1. The predicted octanol–water partition coefficient (Wildman–Crippen LogP) is 5.47. The first-order valence-electron chi connectivity index (χ1n) is 6.81. The van der Waals surface area contributed by atoms with Crippen molar-refractivity contribution < 1.29 is 0 Å². The Hall–Kier alpha value is -1.09. The Morgan fingerprint density at radius 3 is 2.55 bits per heavy atom. The minimum absolute atomic E-state index is 0.520. The summed E-state index contributed by atoms with van der Waals surface area (Å²) in [7, 11) is 0. The third kappa shape index (κ3) is 4.48. The molecule has 106 valence electrons. The van der Waals surface area contributed by atoms with Crippen molar-refractivity contribution in [3.8, 4) is 10.4 Å². The van der Waals surface area contributed by atoms with Gasteiger partial charge in [-0.1, -0.05) is 43.2 Å². The van der Waals surface area contributed by atoms with Gasteiger partial charge in [0.15, 0.2) is 0 Å². The van der Waals surface area contributed by atoms with Crippen LogP contribution in [0.5, 0.6) is 0 Å². The SMILES string of the molecule is CC(=Cc1ccc(-c2ccc(Cl)cc2)s1)CNC(C)C. The van der Waals surface area contributed by atoms with E-state index in [-0.39, 0.29) is 0 Å². The van der Waals surface area contributed by atoms with Crippen molar-refractivity contribution in [1.82, 2.24) is 5.32 Å². The third-order valence-corrected chi connectivity index (χ3v) is 4.27. The average molecular weight is 306 g/mol. The van der Waals surface area contributed by atoms with Crippen LogP contribution in [-0.2, 0) is 0 Å². The van der Waals surface area contributed by atoms with Gasteiger partial charge < -0.3 is 5.32 Å². The zero-order chi connectivity index (χ0) is 14.5. The second-order valence-electron chi connectivity index (χ2n) is 5.24. The summed E-state index contributed by atoms with van der Waals surface area (Å²) in [6.07, 6.45) is 2.25. The Morgan fingerprint density at radius 1 is 1.20 bits per heavy atom. The van der Waals surface area contributed by atoms with Crippen LogP contribution in [0.15, 0.2) is 42.0 Å². The first kappa shape index (κ1) is 15.3. The average Bonchev–Trinajstić information content (AvgIpc) is 2.85. The van der Waals surface area contributed by atoms with Crippen LogP contribution in [-0.4, -0.2) is 12.6 Å². The van der Waals surface area contributed by atoms with Crippen molar-refractivity contribution >= 4 is 29.0 Å². The largest absolute Gasteiger partial charge is 0.311 e. The van der Waals surface area contributed by atoms with E-state index in [4.69, 9.17) is 11.6 Å². The van der Waals surface area contributed by atoms with E-state index in [1.165, 1.54) is 20.9 Å². The van der Waals surface area contributed by atoms with Crippen LogP contribution < -0.4 is 5.32 Å². The summed E-state index contributed by atoms with van der Waals surface area (Å²) < 4.78 is 0. The fourth-order valence-corrected chi connectivity index (χ4v) is 3.02. The van der Waals surface area contributed by atoms with E-state index in [9.17, 15) is 0 Å². The molecule has 0 spiro atoms. The summed E-state index contributed by atoms with van der Waals surface area (Å²) in [5.41, 5.74) is 2.57. The lowest BCUT2D eigenvalue weighted by Gasteiger charge is -2.07. The van der Waals surface area contributed by atoms with Gasteiger partial charge in [-0.15, -0.1) is 11.3 Å². The fourth-order valence-electron chi connectivity index (χ4n) is 1.86. The molecule has 2 rings (SSSR count). The van der Waals surface area contributed by atoms with Gasteiger partial charge >= 0.3 is 0 Å². The highest BCUT2D eigenvalue weighted by molar-refractivity contribution is 7.16. The molecule has 0 unspecified atom stereocenters. The molecule has 3 heteroatoms. The number of thiophene rings is 1. The van der Waals surface area contributed by atoms with Gasteiger partial charge in [-0.2, -0.15) is 0 Å². The first-order chi connectivity index (χ1) is 9.54. The molecule has 1 heterocycles. The molecule has 0 saturated heterocycles. The van der Waals surface area contributed by atoms with Crippen LogP contribution in [0.2, 0.25) is 5.02 Å². The zero-order valence-electron chi connectivity index (χ0n) is 12.1. The van der Waals surface area contributed by atoms with Crippen LogP contribution in [0.1, 0.15) is 25.6 Å². The molecule has 1 aromatic carbocycles. The predicted molar refractivity (Wildman–Crippen MR) is 91.6 cm³/mol. The molecule has 0 aliphatic rings. The molecule has 2 aromatic rings. The highest BCUT2D eigenvalue weighted by atomic mass is 35.5. The molecule has 1 nitrogen and oxygen atoms in total. The summed E-state index contributed by atoms with van der Waals surface area (Å²) in [6, 6.07) is 12.9. The third-order valence-electron chi connectivity index (χ3n) is 2.93. The van der Waals surface area contributed by atoms with E-state index < -0.39 is 0 Å². The summed E-state index contributed by atoms with van der Waals surface area (Å²) in [5, 5.41) is 4.21. The molecule has 0 radical (unpaired) electrons. The lowest BCUT2D eigenvalue weighted by atomic mass is 10.2. The van der Waals surface area contributed by atoms with Gasteiger partial charge in [-0.05, 0) is 42.8 Å². The minimum atomic E-state index is 0.520. The molecule has 0 amide bonds. The molecular formula is C17H20ClNS. The van der Waals surface area contributed by atoms with E-state index in [1.807, 2.05) is 23.5 Å². The van der Waals surface area contributed by atoms with Crippen molar-refractivity contribution in [2.75, 3.05) is 6.54 Å². The van der Waals surface area contributed by atoms with Crippen LogP contribution in [0, 0.1) is 0 Å². The lowest BCUT2D eigenvalue weighted by molar-refractivity contribution is 0.623. The van der Waals surface area contributed by atoms with E-state index in [0.29, 0.717) is 6.04 Å². The normalized spacial score (nSPS) is 12.2. The van der Waals surface area contributed by atoms with Crippen LogP contribution in [0.3, 0.4) is 0 Å². The Balaban J connectivity index is 2.09. The smallest absolute Gasteiger partial charge is 0.0406 e. The van der Waals surface area contributed by atoms with Crippen LogP contribution in [0.4, 0.5) is 0 Å². The topological polar surface area (TPSA) is 12.0 Å². The van der Waals surface area contributed by atoms with Crippen LogP contribution >= 0.6 is 22.9 Å². The Kier molecular flexibility index (Phi) is 5.41. The second-order valence-corrected chi connectivity index (χ2v) is 6.79. The number of hydrogen-bond acceptors (Lipinski definition) is 2. The number of hydrogen-bond donors (Lipinski definition) is 1. The number of nitrogens with one attached hydrogen (secondary N) is 1. The standard InChI is InChI=1S/C17H20ClNS/c1-12(2)19-11-13(3)10-16-8-9-17(20-16)14-4-6-15(18)7-5-14/h4-10,12,19H,11H2,1-3H3. The van der Waals surface area contributed by atoms with Crippen molar-refractivity contribution in [3.63, 3.8) is 0 Å². The zero-order valence-corrected chi connectivity index (χ0v) is 13.7. The molecule has 0 fully saturated rings. The summed E-state index contributed by atoms with van der Waals surface area (Å²) in [6.45, 7) is 7.43. The molecule has 0 atom stereocenters. The fraction of sp³-hybridized carbons (Fsp3) is 0.294. The maximum atomic E-state index is 5.92. The van der Waals surface area contributed by atoms with Crippen molar-refractivity contribution in [2.24, 2.45) is 0 Å². The summed E-state index contributed by atoms with van der Waals surface area (Å²) >= 11 is 7.73.